The van der Waals surface area contributed by atoms with Crippen molar-refractivity contribution in [1.29, 1.82) is 0 Å². The lowest BCUT2D eigenvalue weighted by atomic mass is 10.1. The normalized spacial score (nSPS) is 14.4. The number of benzene rings is 2. The fourth-order valence-electron chi connectivity index (χ4n) is 4.64. The smallest absolute Gasteiger partial charge is 0.251 e. The second kappa shape index (κ2) is 11.2. The second-order valence-electron chi connectivity index (χ2n) is 9.11. The van der Waals surface area contributed by atoms with E-state index in [9.17, 15) is 9.59 Å². The van der Waals surface area contributed by atoms with E-state index in [1.165, 1.54) is 16.1 Å². The van der Waals surface area contributed by atoms with Crippen LogP contribution in [0.15, 0.2) is 66.0 Å². The van der Waals surface area contributed by atoms with Gasteiger partial charge in [0.2, 0.25) is 11.7 Å². The maximum Gasteiger partial charge on any atom is 0.251 e. The lowest BCUT2D eigenvalue weighted by Crippen LogP contribution is -2.47. The number of tetrazole rings is 1. The highest BCUT2D eigenvalue weighted by molar-refractivity contribution is 7.10. The Kier molecular flexibility index (Phi) is 7.62. The van der Waals surface area contributed by atoms with Gasteiger partial charge in [-0.15, -0.1) is 21.5 Å². The molecule has 1 aliphatic rings. The summed E-state index contributed by atoms with van der Waals surface area (Å²) in [6.45, 7) is 1.76. The van der Waals surface area contributed by atoms with Gasteiger partial charge in [-0.05, 0) is 72.3 Å². The molecular formula is C27H27ClN6O2S. The highest BCUT2D eigenvalue weighted by Crippen LogP contribution is 2.33. The number of rotatable bonds is 8. The van der Waals surface area contributed by atoms with Crippen molar-refractivity contribution in [3.05, 3.63) is 81.5 Å². The number of aryl methyl sites for hydroxylation is 1. The van der Waals surface area contributed by atoms with E-state index in [4.69, 9.17) is 11.6 Å². The molecule has 0 radical (unpaired) electrons. The van der Waals surface area contributed by atoms with Crippen LogP contribution < -0.4 is 10.2 Å². The number of para-hydroxylation sites is 1. The molecule has 4 aromatic rings. The molecule has 0 aliphatic heterocycles. The van der Waals surface area contributed by atoms with E-state index in [0.29, 0.717) is 16.5 Å². The summed E-state index contributed by atoms with van der Waals surface area (Å²) in [5, 5.41) is 18.3. The van der Waals surface area contributed by atoms with Gasteiger partial charge in [0.25, 0.3) is 5.91 Å². The van der Waals surface area contributed by atoms with E-state index in [1.807, 2.05) is 48.7 Å². The molecule has 1 saturated carbocycles. The van der Waals surface area contributed by atoms with Gasteiger partial charge < -0.3 is 5.32 Å². The minimum absolute atomic E-state index is 0.128. The average molecular weight is 535 g/mol. The fraction of sp³-hybridized carbons (Fsp3) is 0.296. The summed E-state index contributed by atoms with van der Waals surface area (Å²) in [5.74, 6) is -0.102. The van der Waals surface area contributed by atoms with Crippen LogP contribution >= 0.6 is 22.9 Å². The van der Waals surface area contributed by atoms with Crippen LogP contribution in [0.1, 0.15) is 42.2 Å². The van der Waals surface area contributed by atoms with Crippen LogP contribution in [-0.4, -0.2) is 38.1 Å². The lowest BCUT2D eigenvalue weighted by molar-refractivity contribution is -0.127. The molecule has 1 atom stereocenters. The van der Waals surface area contributed by atoms with Crippen molar-refractivity contribution in [1.82, 2.24) is 25.5 Å². The number of thiophene rings is 1. The molecular weight excluding hydrogens is 508 g/mol. The molecule has 0 spiro atoms. The van der Waals surface area contributed by atoms with Gasteiger partial charge in [-0.3, -0.25) is 14.5 Å². The quantitative estimate of drug-likeness (QED) is 0.335. The summed E-state index contributed by atoms with van der Waals surface area (Å²) in [5.41, 5.74) is 2.30. The first-order valence-electron chi connectivity index (χ1n) is 12.2. The molecule has 1 fully saturated rings. The zero-order valence-electron chi connectivity index (χ0n) is 20.4. The predicted molar refractivity (Wildman–Crippen MR) is 144 cm³/mol. The van der Waals surface area contributed by atoms with Crippen LogP contribution in [0.3, 0.4) is 0 Å². The molecule has 5 rings (SSSR count). The Labute approximate surface area is 224 Å². The topological polar surface area (TPSA) is 93.0 Å². The van der Waals surface area contributed by atoms with Crippen molar-refractivity contribution >= 4 is 40.4 Å². The number of nitrogens with zero attached hydrogens (tertiary/aromatic N) is 5. The summed E-state index contributed by atoms with van der Waals surface area (Å²) in [6, 6.07) is 17.8. The Balaban J connectivity index is 1.48. The van der Waals surface area contributed by atoms with Crippen molar-refractivity contribution in [3.63, 3.8) is 0 Å². The van der Waals surface area contributed by atoms with Crippen LogP contribution in [0.25, 0.3) is 11.4 Å². The van der Waals surface area contributed by atoms with Crippen molar-refractivity contribution < 1.29 is 9.59 Å². The molecule has 0 unspecified atom stereocenters. The predicted octanol–water partition coefficient (Wildman–Crippen LogP) is 5.20. The number of carbonyl (C=O) groups is 2. The van der Waals surface area contributed by atoms with Crippen LogP contribution in [-0.2, 0) is 16.1 Å². The summed E-state index contributed by atoms with van der Waals surface area (Å²) >= 11 is 7.44. The first-order valence-corrected chi connectivity index (χ1v) is 13.5. The summed E-state index contributed by atoms with van der Waals surface area (Å²) < 4.78 is 0. The molecule has 37 heavy (non-hydrogen) atoms. The van der Waals surface area contributed by atoms with Crippen molar-refractivity contribution in [2.45, 2.75) is 51.2 Å². The first kappa shape index (κ1) is 25.1. The number of carbonyl (C=O) groups excluding carboxylic acids is 2. The van der Waals surface area contributed by atoms with Crippen LogP contribution in [0.5, 0.6) is 0 Å². The maximum atomic E-state index is 13.9. The van der Waals surface area contributed by atoms with Crippen molar-refractivity contribution in [2.75, 3.05) is 4.90 Å². The van der Waals surface area contributed by atoms with E-state index >= 15 is 0 Å². The molecule has 1 N–H and O–H groups in total. The number of halogens is 1. The Morgan fingerprint density at radius 2 is 1.86 bits per heavy atom. The molecule has 2 aromatic carbocycles. The standard InChI is InChI=1S/C27H27ClN6O2S/c1-18-7-2-5-10-22(18)34(25(23-11-6-16-37-23)27(36)29-21-8-3-4-9-21)24(35)17-33-31-26(30-32-33)19-12-14-20(28)15-13-19/h2,5-7,10-16,21,25H,3-4,8-9,17H2,1H3,(H,29,36)/t25-/m0/s1. The van der Waals surface area contributed by atoms with Crippen LogP contribution in [0, 0.1) is 6.92 Å². The average Bonchev–Trinajstić information content (AvgIpc) is 3.67. The van der Waals surface area contributed by atoms with Crippen molar-refractivity contribution in [2.24, 2.45) is 0 Å². The van der Waals surface area contributed by atoms with E-state index in [1.54, 1.807) is 29.2 Å². The van der Waals surface area contributed by atoms with Crippen LogP contribution in [0.2, 0.25) is 5.02 Å². The minimum Gasteiger partial charge on any atom is -0.351 e. The Morgan fingerprint density at radius 3 is 2.57 bits per heavy atom. The van der Waals surface area contributed by atoms with Gasteiger partial charge in [0.15, 0.2) is 0 Å². The molecule has 0 saturated heterocycles. The third-order valence-corrected chi connectivity index (χ3v) is 7.67. The monoisotopic (exact) mass is 534 g/mol. The fourth-order valence-corrected chi connectivity index (χ4v) is 5.58. The van der Waals surface area contributed by atoms with E-state index < -0.39 is 6.04 Å². The van der Waals surface area contributed by atoms with Gasteiger partial charge in [0.1, 0.15) is 12.6 Å². The molecule has 2 aromatic heterocycles. The van der Waals surface area contributed by atoms with Gasteiger partial charge in [0.05, 0.1) is 0 Å². The number of hydrogen-bond acceptors (Lipinski definition) is 6. The largest absolute Gasteiger partial charge is 0.351 e. The lowest BCUT2D eigenvalue weighted by Gasteiger charge is -2.32. The molecule has 10 heteroatoms. The van der Waals surface area contributed by atoms with Crippen molar-refractivity contribution in [3.8, 4) is 11.4 Å². The van der Waals surface area contributed by atoms with Gasteiger partial charge in [0, 0.05) is 27.2 Å². The third kappa shape index (κ3) is 5.73. The third-order valence-electron chi connectivity index (χ3n) is 6.50. The Hall–Kier alpha value is -3.56. The first-order chi connectivity index (χ1) is 18.0. The van der Waals surface area contributed by atoms with E-state index in [-0.39, 0.29) is 24.4 Å². The summed E-state index contributed by atoms with van der Waals surface area (Å²) in [6.07, 6.45) is 4.11. The summed E-state index contributed by atoms with van der Waals surface area (Å²) in [4.78, 5) is 31.3. The molecule has 8 nitrogen and oxygen atoms in total. The number of aromatic nitrogens is 4. The van der Waals surface area contributed by atoms with E-state index in [2.05, 4.69) is 20.7 Å². The van der Waals surface area contributed by atoms with Gasteiger partial charge in [-0.25, -0.2) is 0 Å². The Morgan fingerprint density at radius 1 is 1.11 bits per heavy atom. The molecule has 2 amide bonds. The number of anilines is 1. The van der Waals surface area contributed by atoms with Gasteiger partial charge >= 0.3 is 0 Å². The molecule has 190 valence electrons. The number of amides is 2. The highest BCUT2D eigenvalue weighted by atomic mass is 35.5. The molecule has 2 heterocycles. The molecule has 1 aliphatic carbocycles. The Bertz CT molecular complexity index is 1370. The number of hydrogen-bond donors (Lipinski definition) is 1. The number of nitrogens with one attached hydrogen (secondary N) is 1. The second-order valence-corrected chi connectivity index (χ2v) is 10.5. The minimum atomic E-state index is -0.812. The zero-order valence-corrected chi connectivity index (χ0v) is 22.0. The highest BCUT2D eigenvalue weighted by Gasteiger charge is 2.36. The SMILES string of the molecule is Cc1ccccc1N(C(=O)Cn1nnc(-c2ccc(Cl)cc2)n1)[C@H](C(=O)NC1CCCC1)c1cccs1. The molecule has 0 bridgehead atoms. The maximum absolute atomic E-state index is 13.9. The van der Waals surface area contributed by atoms with Gasteiger partial charge in [-0.1, -0.05) is 48.7 Å². The van der Waals surface area contributed by atoms with Crippen LogP contribution in [0.4, 0.5) is 5.69 Å². The van der Waals surface area contributed by atoms with Gasteiger partial charge in [-0.2, -0.15) is 4.80 Å². The summed E-state index contributed by atoms with van der Waals surface area (Å²) in [7, 11) is 0. The van der Waals surface area contributed by atoms with E-state index in [0.717, 1.165) is 41.7 Å². The zero-order chi connectivity index (χ0) is 25.8.